The second-order valence-electron chi connectivity index (χ2n) is 5.83. The Labute approximate surface area is 135 Å². The number of aromatic nitrogens is 2. The molecule has 0 saturated heterocycles. The van der Waals surface area contributed by atoms with Gasteiger partial charge in [0.1, 0.15) is 0 Å². The molecule has 7 nitrogen and oxygen atoms in total. The van der Waals surface area contributed by atoms with Gasteiger partial charge in [0.25, 0.3) is 5.89 Å². The molecule has 3 rings (SSSR count). The van der Waals surface area contributed by atoms with E-state index in [2.05, 4.69) is 20.2 Å². The summed E-state index contributed by atoms with van der Waals surface area (Å²) in [7, 11) is -1.56. The average molecular weight is 336 g/mol. The summed E-state index contributed by atoms with van der Waals surface area (Å²) in [5.74, 6) is 1.01. The van der Waals surface area contributed by atoms with Crippen molar-refractivity contribution < 1.29 is 12.9 Å². The first-order valence-corrected chi connectivity index (χ1v) is 9.09. The van der Waals surface area contributed by atoms with Crippen molar-refractivity contribution >= 4 is 10.0 Å². The average Bonchev–Trinajstić information content (AvgIpc) is 3.21. The van der Waals surface area contributed by atoms with Crippen LogP contribution < -0.4 is 10.0 Å². The summed E-state index contributed by atoms with van der Waals surface area (Å²) in [4.78, 5) is 4.58. The highest BCUT2D eigenvalue weighted by Crippen LogP contribution is 2.24. The van der Waals surface area contributed by atoms with E-state index in [1.54, 1.807) is 24.3 Å². The summed E-state index contributed by atoms with van der Waals surface area (Å²) in [5, 5.41) is 7.05. The third kappa shape index (κ3) is 3.95. The largest absolute Gasteiger partial charge is 0.334 e. The quantitative estimate of drug-likeness (QED) is 0.792. The van der Waals surface area contributed by atoms with Crippen molar-refractivity contribution in [3.8, 4) is 11.5 Å². The number of nitrogens with zero attached hydrogens (tertiary/aromatic N) is 2. The van der Waals surface area contributed by atoms with E-state index in [1.807, 2.05) is 14.0 Å². The zero-order valence-corrected chi connectivity index (χ0v) is 13.9. The first-order valence-electron chi connectivity index (χ1n) is 7.60. The third-order valence-electron chi connectivity index (χ3n) is 3.76. The minimum atomic E-state index is -3.43. The van der Waals surface area contributed by atoms with Crippen LogP contribution in [0.2, 0.25) is 0 Å². The van der Waals surface area contributed by atoms with Gasteiger partial charge in [0.05, 0.1) is 4.90 Å². The van der Waals surface area contributed by atoms with Crippen molar-refractivity contribution in [1.82, 2.24) is 20.2 Å². The predicted molar refractivity (Wildman–Crippen MR) is 85.3 cm³/mol. The maximum atomic E-state index is 12.1. The molecule has 1 atom stereocenters. The number of rotatable bonds is 7. The second kappa shape index (κ2) is 6.38. The van der Waals surface area contributed by atoms with E-state index in [1.165, 1.54) is 0 Å². The Balaban J connectivity index is 1.74. The molecule has 1 aliphatic carbocycles. The Morgan fingerprint density at radius 3 is 2.61 bits per heavy atom. The highest BCUT2D eigenvalue weighted by atomic mass is 32.2. The van der Waals surface area contributed by atoms with E-state index < -0.39 is 10.0 Å². The van der Waals surface area contributed by atoms with Gasteiger partial charge in [0.15, 0.2) is 5.82 Å². The van der Waals surface area contributed by atoms with E-state index in [4.69, 9.17) is 4.52 Å². The van der Waals surface area contributed by atoms with Crippen LogP contribution in [-0.2, 0) is 16.4 Å². The Hall–Kier alpha value is -1.77. The number of hydrogen-bond donors (Lipinski definition) is 2. The molecule has 0 amide bonds. The van der Waals surface area contributed by atoms with Crippen molar-refractivity contribution in [1.29, 1.82) is 0 Å². The molecule has 1 aromatic heterocycles. The predicted octanol–water partition coefficient (Wildman–Crippen LogP) is 1.33. The summed E-state index contributed by atoms with van der Waals surface area (Å²) in [6, 6.07) is 6.81. The fourth-order valence-electron chi connectivity index (χ4n) is 2.10. The molecule has 23 heavy (non-hydrogen) atoms. The van der Waals surface area contributed by atoms with E-state index in [0.29, 0.717) is 23.7 Å². The van der Waals surface area contributed by atoms with Gasteiger partial charge in [-0.2, -0.15) is 4.98 Å². The van der Waals surface area contributed by atoms with E-state index in [-0.39, 0.29) is 17.0 Å². The van der Waals surface area contributed by atoms with Gasteiger partial charge >= 0.3 is 0 Å². The fourth-order valence-corrected chi connectivity index (χ4v) is 3.40. The van der Waals surface area contributed by atoms with Crippen molar-refractivity contribution in [3.63, 3.8) is 0 Å². The molecule has 1 saturated carbocycles. The van der Waals surface area contributed by atoms with Crippen LogP contribution >= 0.6 is 0 Å². The third-order valence-corrected chi connectivity index (χ3v) is 5.30. The maximum absolute atomic E-state index is 12.1. The lowest BCUT2D eigenvalue weighted by atomic mass is 10.2. The molecular formula is C15H20N4O3S. The van der Waals surface area contributed by atoms with Gasteiger partial charge in [-0.1, -0.05) is 5.16 Å². The van der Waals surface area contributed by atoms with E-state index in [0.717, 1.165) is 12.8 Å². The second-order valence-corrected chi connectivity index (χ2v) is 7.54. The highest BCUT2D eigenvalue weighted by molar-refractivity contribution is 7.89. The monoisotopic (exact) mass is 336 g/mol. The number of likely N-dealkylation sites (N-methyl/N-ethyl adjacent to an activating group) is 1. The van der Waals surface area contributed by atoms with Crippen LogP contribution in [0.25, 0.3) is 11.5 Å². The van der Waals surface area contributed by atoms with Gasteiger partial charge in [0.2, 0.25) is 10.0 Å². The summed E-state index contributed by atoms with van der Waals surface area (Å²) in [5.41, 5.74) is 0.700. The van der Waals surface area contributed by atoms with Crippen molar-refractivity contribution in [2.75, 3.05) is 7.05 Å². The first-order chi connectivity index (χ1) is 11.0. The van der Waals surface area contributed by atoms with Gasteiger partial charge in [-0.25, -0.2) is 13.1 Å². The van der Waals surface area contributed by atoms with Crippen molar-refractivity contribution in [2.45, 2.75) is 43.2 Å². The van der Waals surface area contributed by atoms with Crippen LogP contribution in [0.1, 0.15) is 25.6 Å². The normalized spacial score (nSPS) is 16.4. The molecule has 1 aliphatic rings. The van der Waals surface area contributed by atoms with Crippen molar-refractivity contribution in [3.05, 3.63) is 30.1 Å². The Kier molecular flexibility index (Phi) is 4.47. The molecule has 1 unspecified atom stereocenters. The van der Waals surface area contributed by atoms with E-state index >= 15 is 0 Å². The van der Waals surface area contributed by atoms with Crippen LogP contribution in [0.15, 0.2) is 33.7 Å². The first kappa shape index (κ1) is 16.1. The summed E-state index contributed by atoms with van der Waals surface area (Å²) in [6.07, 6.45) is 2.48. The lowest BCUT2D eigenvalue weighted by Crippen LogP contribution is -2.25. The summed E-state index contributed by atoms with van der Waals surface area (Å²) >= 11 is 0. The molecule has 124 valence electrons. The Morgan fingerprint density at radius 1 is 1.30 bits per heavy atom. The molecule has 0 spiro atoms. The van der Waals surface area contributed by atoms with Crippen LogP contribution in [0.5, 0.6) is 0 Å². The van der Waals surface area contributed by atoms with Crippen LogP contribution in [0.3, 0.4) is 0 Å². The van der Waals surface area contributed by atoms with Gasteiger partial charge in [-0.15, -0.1) is 0 Å². The molecule has 2 aromatic rings. The molecule has 1 heterocycles. The van der Waals surface area contributed by atoms with Gasteiger partial charge < -0.3 is 9.84 Å². The zero-order valence-electron chi connectivity index (χ0n) is 13.1. The van der Waals surface area contributed by atoms with Gasteiger partial charge in [0, 0.05) is 24.1 Å². The molecule has 8 heteroatoms. The standard InChI is InChI=1S/C15H20N4O3S/c1-10(16-2)9-14-17-15(22-18-14)11-3-7-13(8-4-11)23(20,21)19-12-5-6-12/h3-4,7-8,10,12,16,19H,5-6,9H2,1-2H3. The topological polar surface area (TPSA) is 97.1 Å². The zero-order chi connectivity index (χ0) is 16.4. The van der Waals surface area contributed by atoms with E-state index in [9.17, 15) is 8.42 Å². The lowest BCUT2D eigenvalue weighted by molar-refractivity contribution is 0.418. The number of sulfonamides is 1. The fraction of sp³-hybridized carbons (Fsp3) is 0.467. The van der Waals surface area contributed by atoms with Crippen LogP contribution in [0, 0.1) is 0 Å². The lowest BCUT2D eigenvalue weighted by Gasteiger charge is -2.05. The molecule has 1 fully saturated rings. The molecule has 0 aliphatic heterocycles. The molecule has 1 aromatic carbocycles. The molecule has 0 radical (unpaired) electrons. The summed E-state index contributed by atoms with van der Waals surface area (Å²) < 4.78 is 32.1. The SMILES string of the molecule is CNC(C)Cc1noc(-c2ccc(S(=O)(=O)NC3CC3)cc2)n1. The number of benzene rings is 1. The van der Waals surface area contributed by atoms with Crippen LogP contribution in [-0.4, -0.2) is 37.7 Å². The van der Waals surface area contributed by atoms with Crippen molar-refractivity contribution in [2.24, 2.45) is 0 Å². The Bertz CT molecular complexity index is 766. The number of nitrogens with one attached hydrogen (secondary N) is 2. The molecule has 0 bridgehead atoms. The van der Waals surface area contributed by atoms with Gasteiger partial charge in [-0.05, 0) is 51.1 Å². The Morgan fingerprint density at radius 2 is 2.00 bits per heavy atom. The minimum Gasteiger partial charge on any atom is -0.334 e. The smallest absolute Gasteiger partial charge is 0.257 e. The maximum Gasteiger partial charge on any atom is 0.257 e. The minimum absolute atomic E-state index is 0.0901. The molecular weight excluding hydrogens is 316 g/mol. The highest BCUT2D eigenvalue weighted by Gasteiger charge is 2.27. The number of hydrogen-bond acceptors (Lipinski definition) is 6. The van der Waals surface area contributed by atoms with Gasteiger partial charge in [-0.3, -0.25) is 0 Å². The van der Waals surface area contributed by atoms with Crippen LogP contribution in [0.4, 0.5) is 0 Å². The summed E-state index contributed by atoms with van der Waals surface area (Å²) in [6.45, 7) is 2.03. The molecule has 2 N–H and O–H groups in total.